The van der Waals surface area contributed by atoms with Gasteiger partial charge in [0.15, 0.2) is 5.78 Å². The van der Waals surface area contributed by atoms with Crippen molar-refractivity contribution >= 4 is 23.5 Å². The lowest BCUT2D eigenvalue weighted by Crippen LogP contribution is -2.19. The lowest BCUT2D eigenvalue weighted by molar-refractivity contribution is -0.118. The zero-order valence-corrected chi connectivity index (χ0v) is 9.58. The smallest absolute Gasteiger partial charge is 0.238 e. The Hall–Kier alpha value is -1.55. The number of hydrogen-bond donors (Lipinski definition) is 1. The summed E-state index contributed by atoms with van der Waals surface area (Å²) in [4.78, 5) is 23.0. The molecule has 82 valence electrons. The number of benzene rings is 1. The highest BCUT2D eigenvalue weighted by molar-refractivity contribution is 8.04. The number of carbonyl (C=O) groups excluding carboxylic acids is 2. The van der Waals surface area contributed by atoms with E-state index in [0.717, 1.165) is 0 Å². The molecule has 1 fully saturated rings. The van der Waals surface area contributed by atoms with Crippen molar-refractivity contribution in [3.05, 3.63) is 47.0 Å². The molecular formula is C12H11NO2S. The number of thioether (sulfide) groups is 1. The molecular weight excluding hydrogens is 222 g/mol. The van der Waals surface area contributed by atoms with Gasteiger partial charge in [-0.1, -0.05) is 42.1 Å². The second-order valence-electron chi connectivity index (χ2n) is 3.49. The molecule has 1 aromatic rings. The molecule has 3 nitrogen and oxygen atoms in total. The molecule has 1 N–H and O–H groups in total. The highest BCUT2D eigenvalue weighted by atomic mass is 32.2. The summed E-state index contributed by atoms with van der Waals surface area (Å²) < 4.78 is 0. The second kappa shape index (κ2) is 4.53. The Morgan fingerprint density at radius 3 is 2.62 bits per heavy atom. The molecule has 1 unspecified atom stereocenters. The summed E-state index contributed by atoms with van der Waals surface area (Å²) in [6.45, 7) is 1.81. The van der Waals surface area contributed by atoms with Gasteiger partial charge in [0.2, 0.25) is 5.91 Å². The molecule has 1 amide bonds. The number of allylic oxidation sites excluding steroid dienone is 1. The summed E-state index contributed by atoms with van der Waals surface area (Å²) in [5.74, 6) is -0.130. The van der Waals surface area contributed by atoms with E-state index in [1.807, 2.05) is 25.1 Å². The summed E-state index contributed by atoms with van der Waals surface area (Å²) in [5.41, 5.74) is 0.629. The van der Waals surface area contributed by atoms with Crippen molar-refractivity contribution in [1.82, 2.24) is 5.32 Å². The van der Waals surface area contributed by atoms with E-state index in [4.69, 9.17) is 0 Å². The van der Waals surface area contributed by atoms with Gasteiger partial charge in [0.05, 0.1) is 10.3 Å². The molecule has 0 spiro atoms. The zero-order chi connectivity index (χ0) is 11.5. The average molecular weight is 233 g/mol. The van der Waals surface area contributed by atoms with Crippen LogP contribution in [0.15, 0.2) is 41.4 Å². The predicted octanol–water partition coefficient (Wildman–Crippen LogP) is 1.96. The lowest BCUT2D eigenvalue weighted by atomic mass is 10.1. The monoisotopic (exact) mass is 233 g/mol. The topological polar surface area (TPSA) is 46.2 Å². The van der Waals surface area contributed by atoms with E-state index in [1.165, 1.54) is 17.8 Å². The Morgan fingerprint density at radius 2 is 2.06 bits per heavy atom. The van der Waals surface area contributed by atoms with Crippen LogP contribution in [0.2, 0.25) is 0 Å². The Balaban J connectivity index is 2.14. The van der Waals surface area contributed by atoms with Gasteiger partial charge in [-0.2, -0.15) is 0 Å². The molecule has 1 heterocycles. The van der Waals surface area contributed by atoms with E-state index >= 15 is 0 Å². The normalized spacial score (nSPS) is 22.2. The van der Waals surface area contributed by atoms with Crippen LogP contribution in [-0.2, 0) is 4.79 Å². The molecule has 2 rings (SSSR count). The lowest BCUT2D eigenvalue weighted by Gasteiger charge is -1.97. The van der Waals surface area contributed by atoms with Gasteiger partial charge in [-0.15, -0.1) is 0 Å². The van der Waals surface area contributed by atoms with E-state index in [0.29, 0.717) is 10.6 Å². The molecule has 1 saturated heterocycles. The summed E-state index contributed by atoms with van der Waals surface area (Å²) in [5, 5.41) is 3.18. The Bertz CT molecular complexity index is 453. The minimum Gasteiger partial charge on any atom is -0.320 e. The van der Waals surface area contributed by atoms with Gasteiger partial charge in [0, 0.05) is 11.6 Å². The third-order valence-electron chi connectivity index (χ3n) is 2.24. The van der Waals surface area contributed by atoms with E-state index < -0.39 is 0 Å². The molecule has 1 aliphatic heterocycles. The highest BCUT2D eigenvalue weighted by Crippen LogP contribution is 2.26. The summed E-state index contributed by atoms with van der Waals surface area (Å²) in [6.07, 6.45) is 1.47. The predicted molar refractivity (Wildman–Crippen MR) is 64.1 cm³/mol. The van der Waals surface area contributed by atoms with Gasteiger partial charge in [-0.3, -0.25) is 9.59 Å². The first-order valence-corrected chi connectivity index (χ1v) is 5.83. The fourth-order valence-corrected chi connectivity index (χ4v) is 2.25. The standard InChI is InChI=1S/C12H11NO2S/c1-8-12(15)13-11(16-8)7-10(14)9-5-3-2-4-6-9/h2-8H,1H3,(H,13,15). The van der Waals surface area contributed by atoms with Crippen LogP contribution in [0.4, 0.5) is 0 Å². The maximum atomic E-state index is 11.8. The van der Waals surface area contributed by atoms with Crippen LogP contribution in [0, 0.1) is 0 Å². The SMILES string of the molecule is CC1SC(=CC(=O)c2ccccc2)NC1=O. The van der Waals surface area contributed by atoms with Crippen molar-refractivity contribution in [2.75, 3.05) is 0 Å². The average Bonchev–Trinajstić information content (AvgIpc) is 2.59. The van der Waals surface area contributed by atoms with Crippen LogP contribution < -0.4 is 5.32 Å². The number of nitrogens with one attached hydrogen (secondary N) is 1. The highest BCUT2D eigenvalue weighted by Gasteiger charge is 2.24. The van der Waals surface area contributed by atoms with E-state index in [1.54, 1.807) is 12.1 Å². The number of hydrogen-bond acceptors (Lipinski definition) is 3. The Labute approximate surface area is 97.9 Å². The summed E-state index contributed by atoms with van der Waals surface area (Å²) in [6, 6.07) is 9.00. The summed E-state index contributed by atoms with van der Waals surface area (Å²) >= 11 is 1.38. The minimum atomic E-state index is -0.116. The van der Waals surface area contributed by atoms with E-state index in [-0.39, 0.29) is 16.9 Å². The molecule has 0 aromatic heterocycles. The van der Waals surface area contributed by atoms with Crippen molar-refractivity contribution in [3.63, 3.8) is 0 Å². The van der Waals surface area contributed by atoms with Crippen LogP contribution >= 0.6 is 11.8 Å². The number of ketones is 1. The molecule has 16 heavy (non-hydrogen) atoms. The molecule has 0 bridgehead atoms. The van der Waals surface area contributed by atoms with Crippen LogP contribution in [0.25, 0.3) is 0 Å². The largest absolute Gasteiger partial charge is 0.320 e. The first-order chi connectivity index (χ1) is 7.66. The fraction of sp³-hybridized carbons (Fsp3) is 0.167. The van der Waals surface area contributed by atoms with Crippen LogP contribution in [0.5, 0.6) is 0 Å². The van der Waals surface area contributed by atoms with Crippen molar-refractivity contribution in [3.8, 4) is 0 Å². The zero-order valence-electron chi connectivity index (χ0n) is 8.77. The second-order valence-corrected chi connectivity index (χ2v) is 4.87. The van der Waals surface area contributed by atoms with Crippen LogP contribution in [0.1, 0.15) is 17.3 Å². The van der Waals surface area contributed by atoms with Gasteiger partial charge in [0.25, 0.3) is 0 Å². The van der Waals surface area contributed by atoms with Crippen LogP contribution in [0.3, 0.4) is 0 Å². The maximum absolute atomic E-state index is 11.8. The van der Waals surface area contributed by atoms with Crippen molar-refractivity contribution in [2.24, 2.45) is 0 Å². The van der Waals surface area contributed by atoms with Crippen molar-refractivity contribution in [1.29, 1.82) is 0 Å². The fourth-order valence-electron chi connectivity index (χ4n) is 1.37. The number of rotatable bonds is 2. The molecule has 0 saturated carbocycles. The molecule has 0 aliphatic carbocycles. The maximum Gasteiger partial charge on any atom is 0.238 e. The first-order valence-electron chi connectivity index (χ1n) is 4.95. The van der Waals surface area contributed by atoms with Gasteiger partial charge in [-0.25, -0.2) is 0 Å². The third-order valence-corrected chi connectivity index (χ3v) is 3.28. The molecule has 0 radical (unpaired) electrons. The third kappa shape index (κ3) is 2.33. The van der Waals surface area contributed by atoms with Gasteiger partial charge in [0.1, 0.15) is 0 Å². The van der Waals surface area contributed by atoms with Crippen LogP contribution in [-0.4, -0.2) is 16.9 Å². The van der Waals surface area contributed by atoms with Gasteiger partial charge < -0.3 is 5.32 Å². The molecule has 4 heteroatoms. The Morgan fingerprint density at radius 1 is 1.38 bits per heavy atom. The molecule has 1 aliphatic rings. The number of carbonyl (C=O) groups is 2. The molecule has 1 aromatic carbocycles. The van der Waals surface area contributed by atoms with E-state index in [9.17, 15) is 9.59 Å². The summed E-state index contributed by atoms with van der Waals surface area (Å²) in [7, 11) is 0. The van der Waals surface area contributed by atoms with Crippen molar-refractivity contribution < 1.29 is 9.59 Å². The Kier molecular flexibility index (Phi) is 3.10. The quantitative estimate of drug-likeness (QED) is 0.627. The van der Waals surface area contributed by atoms with Gasteiger partial charge >= 0.3 is 0 Å². The van der Waals surface area contributed by atoms with Gasteiger partial charge in [-0.05, 0) is 6.92 Å². The van der Waals surface area contributed by atoms with E-state index in [2.05, 4.69) is 5.32 Å². The minimum absolute atomic E-state index is 0.0443. The first kappa shape index (κ1) is 11.0. The number of amides is 1. The molecule has 1 atom stereocenters. The van der Waals surface area contributed by atoms with Crippen molar-refractivity contribution in [2.45, 2.75) is 12.2 Å².